The molecule has 0 bridgehead atoms. The fourth-order valence-electron chi connectivity index (χ4n) is 1.69. The number of cyclic esters (lactones) is 2. The Balaban J connectivity index is 2.44. The van der Waals surface area contributed by atoms with Gasteiger partial charge in [0.25, 0.3) is 0 Å². The first-order valence-electron chi connectivity index (χ1n) is 6.18. The summed E-state index contributed by atoms with van der Waals surface area (Å²) in [5, 5.41) is 9.14. The van der Waals surface area contributed by atoms with Gasteiger partial charge in [-0.15, -0.1) is 0 Å². The van der Waals surface area contributed by atoms with Crippen LogP contribution in [0.15, 0.2) is 12.1 Å². The van der Waals surface area contributed by atoms with E-state index < -0.39 is 40.6 Å². The van der Waals surface area contributed by atoms with Crippen molar-refractivity contribution >= 4 is 23.9 Å². The molecule has 1 N–H and O–H groups in total. The fraction of sp³-hybridized carbons (Fsp3) is 0.286. The Bertz CT molecular complexity index is 696. The highest BCUT2D eigenvalue weighted by Gasteiger charge is 2.34. The van der Waals surface area contributed by atoms with Gasteiger partial charge < -0.3 is 9.84 Å². The maximum atomic E-state index is 12.0. The molecule has 0 aromatic heterocycles. The zero-order chi connectivity index (χ0) is 16.7. The standard InChI is InChI=1S/C14H12O8/c1-14(2,3)22-21-13(19)7-5-9-8(4-6(7)10(15)16)11(17)20-12(9)18/h4-5H,1-3H3,(H,15,16). The number of hydrogen-bond donors (Lipinski definition) is 1. The van der Waals surface area contributed by atoms with Gasteiger partial charge in [-0.25, -0.2) is 19.2 Å². The summed E-state index contributed by atoms with van der Waals surface area (Å²) in [7, 11) is 0. The second-order valence-corrected chi connectivity index (χ2v) is 5.49. The maximum absolute atomic E-state index is 12.0. The number of hydrogen-bond acceptors (Lipinski definition) is 7. The van der Waals surface area contributed by atoms with Crippen LogP contribution < -0.4 is 0 Å². The molecule has 0 spiro atoms. The normalized spacial score (nSPS) is 13.6. The van der Waals surface area contributed by atoms with E-state index in [1.54, 1.807) is 20.8 Å². The summed E-state index contributed by atoms with van der Waals surface area (Å²) in [6.07, 6.45) is 0. The van der Waals surface area contributed by atoms with Crippen LogP contribution in [0.5, 0.6) is 0 Å². The highest BCUT2D eigenvalue weighted by atomic mass is 17.2. The zero-order valence-electron chi connectivity index (χ0n) is 12.0. The molecule has 0 amide bonds. The van der Waals surface area contributed by atoms with Crippen molar-refractivity contribution in [2.45, 2.75) is 26.4 Å². The Kier molecular flexibility index (Phi) is 3.72. The number of carbonyl (C=O) groups excluding carboxylic acids is 3. The summed E-state index contributed by atoms with van der Waals surface area (Å²) in [6, 6.07) is 1.85. The van der Waals surface area contributed by atoms with E-state index in [1.807, 2.05) is 0 Å². The van der Waals surface area contributed by atoms with Gasteiger partial charge in [-0.2, -0.15) is 4.89 Å². The van der Waals surface area contributed by atoms with E-state index in [0.29, 0.717) is 0 Å². The van der Waals surface area contributed by atoms with E-state index in [9.17, 15) is 19.2 Å². The van der Waals surface area contributed by atoms with E-state index in [2.05, 4.69) is 9.62 Å². The molecule has 1 aromatic carbocycles. The summed E-state index contributed by atoms with van der Waals surface area (Å²) in [4.78, 5) is 55.5. The molecule has 1 heterocycles. The smallest absolute Gasteiger partial charge is 0.374 e. The van der Waals surface area contributed by atoms with E-state index in [-0.39, 0.29) is 11.1 Å². The largest absolute Gasteiger partial charge is 0.478 e. The molecule has 0 aliphatic carbocycles. The second kappa shape index (κ2) is 5.23. The third-order valence-electron chi connectivity index (χ3n) is 2.60. The molecular formula is C14H12O8. The number of carboxylic acids is 1. The number of fused-ring (bicyclic) bond motifs is 1. The van der Waals surface area contributed by atoms with Crippen molar-refractivity contribution in [2.75, 3.05) is 0 Å². The number of benzene rings is 1. The van der Waals surface area contributed by atoms with Crippen LogP contribution in [0.1, 0.15) is 62.2 Å². The van der Waals surface area contributed by atoms with E-state index in [0.717, 1.165) is 12.1 Å². The molecule has 116 valence electrons. The predicted octanol–water partition coefficient (Wildman–Crippen LogP) is 1.58. The van der Waals surface area contributed by atoms with E-state index >= 15 is 0 Å². The van der Waals surface area contributed by atoms with Crippen LogP contribution in [-0.4, -0.2) is 34.6 Å². The van der Waals surface area contributed by atoms with Crippen LogP contribution in [0.25, 0.3) is 0 Å². The van der Waals surface area contributed by atoms with Crippen molar-refractivity contribution in [1.29, 1.82) is 0 Å². The lowest BCUT2D eigenvalue weighted by Crippen LogP contribution is -2.23. The van der Waals surface area contributed by atoms with Crippen molar-refractivity contribution in [3.8, 4) is 0 Å². The molecule has 1 aromatic rings. The summed E-state index contributed by atoms with van der Waals surface area (Å²) in [6.45, 7) is 4.87. The van der Waals surface area contributed by atoms with Gasteiger partial charge in [-0.3, -0.25) is 4.89 Å². The molecule has 8 heteroatoms. The highest BCUT2D eigenvalue weighted by Crippen LogP contribution is 2.25. The summed E-state index contributed by atoms with van der Waals surface area (Å²) < 4.78 is 4.36. The van der Waals surface area contributed by atoms with Crippen LogP contribution in [0.3, 0.4) is 0 Å². The highest BCUT2D eigenvalue weighted by molar-refractivity contribution is 6.17. The molecule has 0 radical (unpaired) electrons. The molecule has 1 aliphatic rings. The van der Waals surface area contributed by atoms with Crippen molar-refractivity contribution in [2.24, 2.45) is 0 Å². The van der Waals surface area contributed by atoms with Crippen LogP contribution >= 0.6 is 0 Å². The molecule has 0 unspecified atom stereocenters. The van der Waals surface area contributed by atoms with E-state index in [4.69, 9.17) is 9.99 Å². The predicted molar refractivity (Wildman–Crippen MR) is 69.4 cm³/mol. The lowest BCUT2D eigenvalue weighted by atomic mass is 9.99. The molecule has 0 atom stereocenters. The lowest BCUT2D eigenvalue weighted by molar-refractivity contribution is -0.301. The van der Waals surface area contributed by atoms with Gasteiger partial charge in [0.15, 0.2) is 0 Å². The molecular weight excluding hydrogens is 296 g/mol. The Morgan fingerprint density at radius 2 is 1.55 bits per heavy atom. The number of ether oxygens (including phenoxy) is 1. The fourth-order valence-corrected chi connectivity index (χ4v) is 1.69. The van der Waals surface area contributed by atoms with Crippen molar-refractivity contribution < 1.29 is 38.8 Å². The average molecular weight is 308 g/mol. The minimum Gasteiger partial charge on any atom is -0.478 e. The Labute approximate surface area is 124 Å². The zero-order valence-corrected chi connectivity index (χ0v) is 12.0. The van der Waals surface area contributed by atoms with E-state index in [1.165, 1.54) is 0 Å². The summed E-state index contributed by atoms with van der Waals surface area (Å²) in [5.74, 6) is -4.48. The van der Waals surface area contributed by atoms with Crippen LogP contribution in [-0.2, 0) is 14.5 Å². The molecule has 0 saturated heterocycles. The molecule has 8 nitrogen and oxygen atoms in total. The Morgan fingerprint density at radius 1 is 1.05 bits per heavy atom. The third kappa shape index (κ3) is 2.96. The maximum Gasteiger partial charge on any atom is 0.374 e. The topological polar surface area (TPSA) is 116 Å². The number of carboxylic acid groups (broad SMARTS) is 1. The van der Waals surface area contributed by atoms with Crippen molar-refractivity contribution in [3.63, 3.8) is 0 Å². The number of aromatic carboxylic acids is 1. The first-order valence-corrected chi connectivity index (χ1v) is 6.18. The number of rotatable bonds is 3. The Morgan fingerprint density at radius 3 is 2.00 bits per heavy atom. The molecule has 0 fully saturated rings. The van der Waals surface area contributed by atoms with Gasteiger partial charge in [0.1, 0.15) is 5.60 Å². The monoisotopic (exact) mass is 308 g/mol. The van der Waals surface area contributed by atoms with Gasteiger partial charge in [-0.1, -0.05) is 0 Å². The van der Waals surface area contributed by atoms with Gasteiger partial charge in [0, 0.05) is 0 Å². The third-order valence-corrected chi connectivity index (χ3v) is 2.60. The first kappa shape index (κ1) is 15.6. The SMILES string of the molecule is CC(C)(C)OOC(=O)c1cc2c(cc1C(=O)O)C(=O)OC2=O. The second-order valence-electron chi connectivity index (χ2n) is 5.49. The molecule has 22 heavy (non-hydrogen) atoms. The van der Waals surface area contributed by atoms with Gasteiger partial charge in [-0.05, 0) is 32.9 Å². The van der Waals surface area contributed by atoms with Crippen LogP contribution in [0, 0.1) is 0 Å². The number of esters is 2. The van der Waals surface area contributed by atoms with Gasteiger partial charge in [0.2, 0.25) is 0 Å². The minimum absolute atomic E-state index is 0.197. The number of carbonyl (C=O) groups is 4. The average Bonchev–Trinajstić information content (AvgIpc) is 2.68. The molecule has 1 aliphatic heterocycles. The minimum atomic E-state index is -1.46. The Hall–Kier alpha value is -2.74. The first-order chi connectivity index (χ1) is 10.1. The van der Waals surface area contributed by atoms with Crippen LogP contribution in [0.4, 0.5) is 0 Å². The van der Waals surface area contributed by atoms with Crippen molar-refractivity contribution in [1.82, 2.24) is 0 Å². The summed E-state index contributed by atoms with van der Waals surface area (Å²) in [5.41, 5.74) is -2.12. The molecule has 2 rings (SSSR count). The van der Waals surface area contributed by atoms with Gasteiger partial charge in [0.05, 0.1) is 22.3 Å². The lowest BCUT2D eigenvalue weighted by Gasteiger charge is -2.17. The molecule has 0 saturated carbocycles. The summed E-state index contributed by atoms with van der Waals surface area (Å²) >= 11 is 0. The van der Waals surface area contributed by atoms with Crippen LogP contribution in [0.2, 0.25) is 0 Å². The quantitative estimate of drug-likeness (QED) is 0.387. The van der Waals surface area contributed by atoms with Crippen molar-refractivity contribution in [3.05, 3.63) is 34.4 Å². The van der Waals surface area contributed by atoms with Gasteiger partial charge >= 0.3 is 23.9 Å².